The minimum Gasteiger partial charge on any atom is -0.324 e. The van der Waals surface area contributed by atoms with Gasteiger partial charge in [0.2, 0.25) is 17.7 Å². The molecule has 0 radical (unpaired) electrons. The van der Waals surface area contributed by atoms with Gasteiger partial charge in [0.1, 0.15) is 6.54 Å². The van der Waals surface area contributed by atoms with E-state index in [0.717, 1.165) is 16.0 Å². The topological polar surface area (TPSA) is 66.5 Å². The van der Waals surface area contributed by atoms with Gasteiger partial charge in [0.05, 0.1) is 11.8 Å². The predicted octanol–water partition coefficient (Wildman–Crippen LogP) is 2.19. The first-order valence-electron chi connectivity index (χ1n) is 7.84. The first kappa shape index (κ1) is 15.5. The molecular weight excluding hydrogens is 292 g/mol. The maximum atomic E-state index is 12.3. The van der Waals surface area contributed by atoms with Crippen LogP contribution in [0.5, 0.6) is 0 Å². The lowest BCUT2D eigenvalue weighted by Crippen LogP contribution is -2.38. The van der Waals surface area contributed by atoms with Gasteiger partial charge in [0.15, 0.2) is 0 Å². The van der Waals surface area contributed by atoms with Crippen LogP contribution in [0.2, 0.25) is 0 Å². The summed E-state index contributed by atoms with van der Waals surface area (Å²) < 4.78 is 0. The van der Waals surface area contributed by atoms with Crippen LogP contribution in [0, 0.1) is 25.7 Å². The number of amides is 3. The number of hydrogen-bond donors (Lipinski definition) is 1. The Balaban J connectivity index is 1.68. The Hall–Kier alpha value is -2.43. The number of imide groups is 1. The molecule has 0 saturated carbocycles. The van der Waals surface area contributed by atoms with Crippen molar-refractivity contribution >= 4 is 23.4 Å². The Morgan fingerprint density at radius 1 is 1.13 bits per heavy atom. The van der Waals surface area contributed by atoms with E-state index in [2.05, 4.69) is 5.32 Å². The molecule has 0 bridgehead atoms. The number of fused-ring (bicyclic) bond motifs is 1. The summed E-state index contributed by atoms with van der Waals surface area (Å²) in [5.74, 6) is -1.37. The summed E-state index contributed by atoms with van der Waals surface area (Å²) >= 11 is 0. The molecule has 3 rings (SSSR count). The summed E-state index contributed by atoms with van der Waals surface area (Å²) in [5.41, 5.74) is 2.77. The van der Waals surface area contributed by atoms with Crippen molar-refractivity contribution < 1.29 is 14.4 Å². The first-order chi connectivity index (χ1) is 11.0. The third-order valence-corrected chi connectivity index (χ3v) is 4.56. The van der Waals surface area contributed by atoms with Crippen LogP contribution >= 0.6 is 0 Å². The van der Waals surface area contributed by atoms with E-state index < -0.39 is 0 Å². The van der Waals surface area contributed by atoms with Crippen molar-refractivity contribution in [2.24, 2.45) is 11.8 Å². The molecule has 2 atom stereocenters. The van der Waals surface area contributed by atoms with Gasteiger partial charge in [-0.3, -0.25) is 19.3 Å². The van der Waals surface area contributed by atoms with Gasteiger partial charge in [-0.2, -0.15) is 0 Å². The van der Waals surface area contributed by atoms with E-state index in [1.165, 1.54) is 0 Å². The zero-order valence-corrected chi connectivity index (χ0v) is 13.3. The molecule has 1 aromatic carbocycles. The third-order valence-electron chi connectivity index (χ3n) is 4.56. The van der Waals surface area contributed by atoms with Gasteiger partial charge in [0, 0.05) is 5.69 Å². The normalized spacial score (nSPS) is 23.1. The van der Waals surface area contributed by atoms with Crippen molar-refractivity contribution in [3.8, 4) is 0 Å². The van der Waals surface area contributed by atoms with E-state index in [-0.39, 0.29) is 36.1 Å². The fourth-order valence-electron chi connectivity index (χ4n) is 3.31. The Bertz CT molecular complexity index is 682. The number of rotatable bonds is 3. The van der Waals surface area contributed by atoms with Gasteiger partial charge in [-0.25, -0.2) is 0 Å². The summed E-state index contributed by atoms with van der Waals surface area (Å²) in [7, 11) is 0. The molecular formula is C18H20N2O3. The van der Waals surface area contributed by atoms with Crippen molar-refractivity contribution in [2.75, 3.05) is 11.9 Å². The molecule has 1 aromatic rings. The molecule has 1 fully saturated rings. The van der Waals surface area contributed by atoms with Gasteiger partial charge < -0.3 is 5.32 Å². The lowest BCUT2D eigenvalue weighted by molar-refractivity contribution is -0.142. The monoisotopic (exact) mass is 312 g/mol. The summed E-state index contributed by atoms with van der Waals surface area (Å²) in [6.07, 6.45) is 5.05. The maximum absolute atomic E-state index is 12.3. The molecule has 1 heterocycles. The molecule has 120 valence electrons. The highest BCUT2D eigenvalue weighted by Crippen LogP contribution is 2.34. The molecule has 0 unspecified atom stereocenters. The molecule has 5 nitrogen and oxygen atoms in total. The lowest BCUT2D eigenvalue weighted by Gasteiger charge is -2.15. The summed E-state index contributed by atoms with van der Waals surface area (Å²) in [6.45, 7) is 3.68. The molecule has 5 heteroatoms. The summed E-state index contributed by atoms with van der Waals surface area (Å²) in [5, 5.41) is 2.79. The van der Waals surface area contributed by atoms with Crippen LogP contribution in [-0.2, 0) is 14.4 Å². The van der Waals surface area contributed by atoms with Crippen LogP contribution in [0.25, 0.3) is 0 Å². The largest absolute Gasteiger partial charge is 0.324 e. The summed E-state index contributed by atoms with van der Waals surface area (Å²) in [4.78, 5) is 38.0. The number of benzene rings is 1. The number of anilines is 1. The van der Waals surface area contributed by atoms with Gasteiger partial charge in [-0.05, 0) is 38.3 Å². The fraction of sp³-hybridized carbons (Fsp3) is 0.389. The van der Waals surface area contributed by atoms with Crippen molar-refractivity contribution in [3.63, 3.8) is 0 Å². The van der Waals surface area contributed by atoms with Crippen LogP contribution in [0.15, 0.2) is 30.4 Å². The van der Waals surface area contributed by atoms with Gasteiger partial charge in [0.25, 0.3) is 0 Å². The van der Waals surface area contributed by atoms with Crippen molar-refractivity contribution in [1.29, 1.82) is 0 Å². The first-order valence-corrected chi connectivity index (χ1v) is 7.84. The maximum Gasteiger partial charge on any atom is 0.244 e. The Kier molecular flexibility index (Phi) is 4.03. The smallest absolute Gasteiger partial charge is 0.244 e. The van der Waals surface area contributed by atoms with E-state index in [4.69, 9.17) is 0 Å². The second kappa shape index (κ2) is 5.99. The van der Waals surface area contributed by atoms with Crippen molar-refractivity contribution in [1.82, 2.24) is 4.90 Å². The highest BCUT2D eigenvalue weighted by molar-refractivity contribution is 6.08. The van der Waals surface area contributed by atoms with E-state index >= 15 is 0 Å². The molecule has 23 heavy (non-hydrogen) atoms. The van der Waals surface area contributed by atoms with E-state index in [0.29, 0.717) is 18.5 Å². The Labute approximate surface area is 135 Å². The molecule has 2 aliphatic rings. The van der Waals surface area contributed by atoms with Crippen molar-refractivity contribution in [3.05, 3.63) is 41.5 Å². The zero-order chi connectivity index (χ0) is 16.6. The van der Waals surface area contributed by atoms with Gasteiger partial charge in [-0.15, -0.1) is 0 Å². The minimum absolute atomic E-state index is 0.210. The fourth-order valence-corrected chi connectivity index (χ4v) is 3.31. The average molecular weight is 312 g/mol. The zero-order valence-electron chi connectivity index (χ0n) is 13.3. The number of carbonyl (C=O) groups is 3. The highest BCUT2D eigenvalue weighted by atomic mass is 16.2. The molecule has 0 aromatic heterocycles. The lowest BCUT2D eigenvalue weighted by atomic mass is 9.85. The van der Waals surface area contributed by atoms with Crippen LogP contribution < -0.4 is 5.32 Å². The number of likely N-dealkylation sites (tertiary alicyclic amines) is 1. The average Bonchev–Trinajstić information content (AvgIpc) is 2.76. The van der Waals surface area contributed by atoms with Crippen LogP contribution in [0.1, 0.15) is 24.0 Å². The minimum atomic E-state index is -0.342. The van der Waals surface area contributed by atoms with Crippen LogP contribution in [0.3, 0.4) is 0 Å². The molecule has 1 aliphatic carbocycles. The number of aryl methyl sites for hydroxylation is 2. The van der Waals surface area contributed by atoms with Crippen LogP contribution in [-0.4, -0.2) is 29.2 Å². The Morgan fingerprint density at radius 3 is 2.30 bits per heavy atom. The number of allylic oxidation sites excluding steroid dienone is 2. The molecule has 1 N–H and O–H groups in total. The summed E-state index contributed by atoms with van der Waals surface area (Å²) in [6, 6.07) is 5.72. The highest BCUT2D eigenvalue weighted by Gasteiger charge is 2.47. The number of carbonyl (C=O) groups excluding carboxylic acids is 3. The standard InChI is InChI=1S/C18H20N2O3/c1-11-7-8-15(12(2)9-11)19-16(21)10-20-17(22)13-5-3-4-6-14(13)18(20)23/h3-4,7-9,13-14H,5-6,10H2,1-2H3,(H,19,21)/t13-,14+. The molecule has 3 amide bonds. The molecule has 0 spiro atoms. The van der Waals surface area contributed by atoms with E-state index in [1.807, 2.05) is 44.2 Å². The quantitative estimate of drug-likeness (QED) is 0.687. The number of nitrogens with one attached hydrogen (secondary N) is 1. The SMILES string of the molecule is Cc1ccc(NC(=O)CN2C(=O)[C@H]3CC=CC[C@H]3C2=O)c(C)c1. The molecule has 1 saturated heterocycles. The Morgan fingerprint density at radius 2 is 1.74 bits per heavy atom. The molecule has 1 aliphatic heterocycles. The van der Waals surface area contributed by atoms with E-state index in [1.54, 1.807) is 0 Å². The van der Waals surface area contributed by atoms with E-state index in [9.17, 15) is 14.4 Å². The number of hydrogen-bond acceptors (Lipinski definition) is 3. The van der Waals surface area contributed by atoms with Gasteiger partial charge in [-0.1, -0.05) is 29.8 Å². The third kappa shape index (κ3) is 2.91. The number of nitrogens with zero attached hydrogens (tertiary/aromatic N) is 1. The second-order valence-corrected chi connectivity index (χ2v) is 6.28. The predicted molar refractivity (Wildman–Crippen MR) is 86.6 cm³/mol. The van der Waals surface area contributed by atoms with Crippen molar-refractivity contribution in [2.45, 2.75) is 26.7 Å². The van der Waals surface area contributed by atoms with Crippen LogP contribution in [0.4, 0.5) is 5.69 Å². The second-order valence-electron chi connectivity index (χ2n) is 6.28. The van der Waals surface area contributed by atoms with Gasteiger partial charge >= 0.3 is 0 Å².